The molecule has 1 aromatic heterocycles. The van der Waals surface area contributed by atoms with Crippen molar-refractivity contribution in [2.45, 2.75) is 12.4 Å². The van der Waals surface area contributed by atoms with Gasteiger partial charge in [-0.3, -0.25) is 0 Å². The molecule has 2 amide bonds. The second-order valence-corrected chi connectivity index (χ2v) is 6.92. The van der Waals surface area contributed by atoms with Crippen LogP contribution in [0.3, 0.4) is 0 Å². The normalized spacial score (nSPS) is 20.3. The number of aromatic nitrogens is 2. The molecule has 30 heavy (non-hydrogen) atoms. The van der Waals surface area contributed by atoms with E-state index in [1.807, 2.05) is 0 Å². The maximum atomic E-state index is 13.0. The van der Waals surface area contributed by atoms with Crippen LogP contribution in [-0.2, 0) is 9.47 Å². The number of nitrogens with zero attached hydrogens (tertiary/aromatic N) is 3. The number of amides is 2. The number of rotatable bonds is 3. The van der Waals surface area contributed by atoms with Gasteiger partial charge in [0, 0.05) is 19.6 Å². The minimum absolute atomic E-state index is 0.0850. The fraction of sp³-hybridized carbons (Fsp3) is 0.474. The molecule has 8 nitrogen and oxygen atoms in total. The molecule has 0 bridgehead atoms. The molecule has 2 aliphatic rings. The summed E-state index contributed by atoms with van der Waals surface area (Å²) in [7, 11) is 0. The van der Waals surface area contributed by atoms with E-state index in [1.54, 1.807) is 16.0 Å². The number of alkyl halides is 3. The molecule has 2 saturated heterocycles. The third kappa shape index (κ3) is 4.68. The summed E-state index contributed by atoms with van der Waals surface area (Å²) in [6.07, 6.45) is -3.15. The van der Waals surface area contributed by atoms with Gasteiger partial charge in [-0.25, -0.2) is 9.78 Å². The molecule has 0 unspecified atom stereocenters. The van der Waals surface area contributed by atoms with Crippen LogP contribution in [0.1, 0.15) is 11.9 Å². The van der Waals surface area contributed by atoms with E-state index in [4.69, 9.17) is 9.47 Å². The lowest BCUT2D eigenvalue weighted by Gasteiger charge is -2.39. The van der Waals surface area contributed by atoms with Crippen molar-refractivity contribution < 1.29 is 32.2 Å². The molecule has 162 valence electrons. The first kappa shape index (κ1) is 20.5. The Morgan fingerprint density at radius 2 is 1.80 bits per heavy atom. The second kappa shape index (κ2) is 8.52. The predicted octanol–water partition coefficient (Wildman–Crippen LogP) is 2.80. The molecular formula is C19H21F3N4O4. The molecule has 1 aromatic carbocycles. The monoisotopic (exact) mass is 426 g/mol. The van der Waals surface area contributed by atoms with E-state index in [-0.39, 0.29) is 17.8 Å². The van der Waals surface area contributed by atoms with E-state index in [0.717, 1.165) is 0 Å². The number of aromatic amines is 1. The standard InChI is InChI=1S/C19H21F3N4O4/c20-19(21,22)30-14-3-1-13(2-4-14)15-11-23-17(24-15)16-12-29-10-7-26(16)18(27)25-5-8-28-9-6-25/h1-4,11,16H,5-10,12H2,(H,23,24)/t16-/m0/s1. The summed E-state index contributed by atoms with van der Waals surface area (Å²) in [5.41, 5.74) is 1.26. The number of hydrogen-bond donors (Lipinski definition) is 1. The Morgan fingerprint density at radius 1 is 1.10 bits per heavy atom. The SMILES string of the molecule is O=C(N1CCOCC1)N1CCOC[C@H]1c1ncc(-c2ccc(OC(F)(F)F)cc2)[nH]1. The van der Waals surface area contributed by atoms with Gasteiger partial charge in [0.2, 0.25) is 0 Å². The first-order chi connectivity index (χ1) is 14.4. The van der Waals surface area contributed by atoms with E-state index in [2.05, 4.69) is 14.7 Å². The number of carbonyl (C=O) groups excluding carboxylic acids is 1. The molecule has 11 heteroatoms. The third-order valence-electron chi connectivity index (χ3n) is 4.97. The van der Waals surface area contributed by atoms with Crippen LogP contribution < -0.4 is 4.74 Å². The number of nitrogens with one attached hydrogen (secondary N) is 1. The van der Waals surface area contributed by atoms with Crippen LogP contribution in [-0.4, -0.2) is 78.2 Å². The average Bonchev–Trinajstić information content (AvgIpc) is 3.23. The fourth-order valence-electron chi connectivity index (χ4n) is 3.48. The van der Waals surface area contributed by atoms with Gasteiger partial charge >= 0.3 is 12.4 Å². The lowest BCUT2D eigenvalue weighted by Crippen LogP contribution is -2.52. The highest BCUT2D eigenvalue weighted by molar-refractivity contribution is 5.75. The summed E-state index contributed by atoms with van der Waals surface area (Å²) >= 11 is 0. The van der Waals surface area contributed by atoms with Crippen LogP contribution in [0.4, 0.5) is 18.0 Å². The summed E-state index contributed by atoms with van der Waals surface area (Å²) in [6.45, 7) is 3.30. The summed E-state index contributed by atoms with van der Waals surface area (Å²) in [5.74, 6) is 0.260. The first-order valence-corrected chi connectivity index (χ1v) is 9.53. The van der Waals surface area contributed by atoms with Crippen LogP contribution in [0.25, 0.3) is 11.3 Å². The summed E-state index contributed by atoms with van der Waals surface area (Å²) in [4.78, 5) is 24.0. The molecular weight excluding hydrogens is 405 g/mol. The van der Waals surface area contributed by atoms with Gasteiger partial charge in [0.25, 0.3) is 0 Å². The van der Waals surface area contributed by atoms with Crippen molar-refractivity contribution in [1.29, 1.82) is 0 Å². The molecule has 0 aliphatic carbocycles. The van der Waals surface area contributed by atoms with Crippen molar-refractivity contribution in [3.05, 3.63) is 36.3 Å². The number of benzene rings is 1. The molecule has 1 N–H and O–H groups in total. The van der Waals surface area contributed by atoms with Gasteiger partial charge in [0.1, 0.15) is 17.6 Å². The quantitative estimate of drug-likeness (QED) is 0.817. The van der Waals surface area contributed by atoms with Gasteiger partial charge < -0.3 is 29.0 Å². The van der Waals surface area contributed by atoms with E-state index in [1.165, 1.54) is 24.3 Å². The number of imidazole rings is 1. The number of carbonyl (C=O) groups is 1. The highest BCUT2D eigenvalue weighted by atomic mass is 19.4. The van der Waals surface area contributed by atoms with Crippen molar-refractivity contribution >= 4 is 6.03 Å². The average molecular weight is 426 g/mol. The van der Waals surface area contributed by atoms with Crippen molar-refractivity contribution in [2.24, 2.45) is 0 Å². The van der Waals surface area contributed by atoms with Crippen molar-refractivity contribution in [3.8, 4) is 17.0 Å². The molecule has 3 heterocycles. The second-order valence-electron chi connectivity index (χ2n) is 6.92. The smallest absolute Gasteiger partial charge is 0.406 e. The Bertz CT molecular complexity index is 865. The van der Waals surface area contributed by atoms with Crippen molar-refractivity contribution in [3.63, 3.8) is 0 Å². The van der Waals surface area contributed by atoms with Crippen LogP contribution >= 0.6 is 0 Å². The number of halogens is 3. The molecule has 0 spiro atoms. The minimum atomic E-state index is -4.74. The maximum absolute atomic E-state index is 13.0. The van der Waals surface area contributed by atoms with E-state index in [9.17, 15) is 18.0 Å². The number of urea groups is 1. The Kier molecular flexibility index (Phi) is 5.82. The number of ether oxygens (including phenoxy) is 3. The van der Waals surface area contributed by atoms with Gasteiger partial charge in [-0.05, 0) is 29.8 Å². The van der Waals surface area contributed by atoms with E-state index < -0.39 is 6.36 Å². The zero-order valence-corrected chi connectivity index (χ0v) is 16.0. The first-order valence-electron chi connectivity index (χ1n) is 9.53. The van der Waals surface area contributed by atoms with Crippen LogP contribution in [0.2, 0.25) is 0 Å². The van der Waals surface area contributed by atoms with Gasteiger partial charge in [-0.15, -0.1) is 13.2 Å². The highest BCUT2D eigenvalue weighted by Crippen LogP contribution is 2.28. The molecule has 2 fully saturated rings. The van der Waals surface area contributed by atoms with Gasteiger partial charge in [-0.1, -0.05) is 0 Å². The highest BCUT2D eigenvalue weighted by Gasteiger charge is 2.34. The minimum Gasteiger partial charge on any atom is -0.406 e. The summed E-state index contributed by atoms with van der Waals surface area (Å²) < 4.78 is 51.7. The lowest BCUT2D eigenvalue weighted by molar-refractivity contribution is -0.274. The van der Waals surface area contributed by atoms with Crippen molar-refractivity contribution in [1.82, 2.24) is 19.8 Å². The number of morpholine rings is 2. The Labute approximate surface area is 170 Å². The topological polar surface area (TPSA) is 79.9 Å². The molecule has 4 rings (SSSR count). The molecule has 2 aliphatic heterocycles. The molecule has 1 atom stereocenters. The fourth-order valence-corrected chi connectivity index (χ4v) is 3.48. The molecule has 2 aromatic rings. The zero-order chi connectivity index (χ0) is 21.1. The van der Waals surface area contributed by atoms with Crippen molar-refractivity contribution in [2.75, 3.05) is 46.1 Å². The lowest BCUT2D eigenvalue weighted by atomic mass is 10.1. The van der Waals surface area contributed by atoms with Gasteiger partial charge in [-0.2, -0.15) is 0 Å². The predicted molar refractivity (Wildman–Crippen MR) is 98.8 cm³/mol. The largest absolute Gasteiger partial charge is 0.573 e. The molecule has 0 radical (unpaired) electrons. The van der Waals surface area contributed by atoms with E-state index in [0.29, 0.717) is 63.1 Å². The Morgan fingerprint density at radius 3 is 2.50 bits per heavy atom. The number of H-pyrrole nitrogens is 1. The summed E-state index contributed by atoms with van der Waals surface area (Å²) in [5, 5.41) is 0. The van der Waals surface area contributed by atoms with Gasteiger partial charge in [0.15, 0.2) is 0 Å². The van der Waals surface area contributed by atoms with Crippen LogP contribution in [0.15, 0.2) is 30.5 Å². The van der Waals surface area contributed by atoms with Crippen LogP contribution in [0.5, 0.6) is 5.75 Å². The molecule has 0 saturated carbocycles. The Hall–Kier alpha value is -2.79. The third-order valence-corrected chi connectivity index (χ3v) is 4.97. The number of hydrogen-bond acceptors (Lipinski definition) is 5. The zero-order valence-electron chi connectivity index (χ0n) is 16.0. The van der Waals surface area contributed by atoms with E-state index >= 15 is 0 Å². The summed E-state index contributed by atoms with van der Waals surface area (Å²) in [6, 6.07) is 5.02. The Balaban J connectivity index is 1.49. The van der Waals surface area contributed by atoms with Crippen LogP contribution in [0, 0.1) is 0 Å². The maximum Gasteiger partial charge on any atom is 0.573 e. The van der Waals surface area contributed by atoms with Gasteiger partial charge in [0.05, 0.1) is 38.3 Å².